The molecule has 0 aliphatic heterocycles. The standard InChI is InChI=1S/C8H13NO/c1-7-4-3-5-9(7)8(2)6-10/h3-5,8,10H,6H2,1-2H3. The van der Waals surface area contributed by atoms with Crippen LogP contribution in [-0.4, -0.2) is 16.3 Å². The Balaban J connectivity index is 2.82. The van der Waals surface area contributed by atoms with Crippen molar-refractivity contribution < 1.29 is 5.11 Å². The SMILES string of the molecule is Cc1cccn1C(C)CO. The van der Waals surface area contributed by atoms with E-state index >= 15 is 0 Å². The zero-order chi connectivity index (χ0) is 7.56. The fourth-order valence-electron chi connectivity index (χ4n) is 1.06. The van der Waals surface area contributed by atoms with Gasteiger partial charge in [0.05, 0.1) is 12.6 Å². The minimum atomic E-state index is 0.204. The van der Waals surface area contributed by atoms with Gasteiger partial charge in [0.1, 0.15) is 0 Å². The Morgan fingerprint density at radius 3 is 2.80 bits per heavy atom. The summed E-state index contributed by atoms with van der Waals surface area (Å²) in [6.07, 6.45) is 1.98. The Labute approximate surface area is 61.1 Å². The number of nitrogens with zero attached hydrogens (tertiary/aromatic N) is 1. The summed E-state index contributed by atoms with van der Waals surface area (Å²) in [5, 5.41) is 8.81. The van der Waals surface area contributed by atoms with Crippen LogP contribution in [0.2, 0.25) is 0 Å². The number of rotatable bonds is 2. The average Bonchev–Trinajstić information content (AvgIpc) is 2.34. The van der Waals surface area contributed by atoms with Crippen molar-refractivity contribution in [3.63, 3.8) is 0 Å². The molecule has 0 spiro atoms. The maximum absolute atomic E-state index is 8.81. The Hall–Kier alpha value is -0.760. The summed E-state index contributed by atoms with van der Waals surface area (Å²) in [4.78, 5) is 0. The highest BCUT2D eigenvalue weighted by Gasteiger charge is 2.02. The van der Waals surface area contributed by atoms with Gasteiger partial charge in [-0.2, -0.15) is 0 Å². The van der Waals surface area contributed by atoms with Gasteiger partial charge >= 0.3 is 0 Å². The highest BCUT2D eigenvalue weighted by molar-refractivity contribution is 5.05. The van der Waals surface area contributed by atoms with Gasteiger partial charge in [0.25, 0.3) is 0 Å². The Morgan fingerprint density at radius 1 is 1.70 bits per heavy atom. The van der Waals surface area contributed by atoms with Crippen LogP contribution in [0.5, 0.6) is 0 Å². The molecule has 1 N–H and O–H groups in total. The van der Waals surface area contributed by atoms with Crippen molar-refractivity contribution in [1.29, 1.82) is 0 Å². The molecule has 1 unspecified atom stereocenters. The van der Waals surface area contributed by atoms with Gasteiger partial charge in [-0.3, -0.25) is 0 Å². The molecule has 0 aliphatic carbocycles. The van der Waals surface area contributed by atoms with Crippen LogP contribution < -0.4 is 0 Å². The molecule has 0 saturated heterocycles. The zero-order valence-corrected chi connectivity index (χ0v) is 6.41. The van der Waals surface area contributed by atoms with Gasteiger partial charge in [-0.25, -0.2) is 0 Å². The molecule has 2 nitrogen and oxygen atoms in total. The third kappa shape index (κ3) is 1.21. The number of aliphatic hydroxyl groups is 1. The highest BCUT2D eigenvalue weighted by atomic mass is 16.3. The lowest BCUT2D eigenvalue weighted by molar-refractivity contribution is 0.237. The quantitative estimate of drug-likeness (QED) is 0.657. The molecule has 0 aromatic carbocycles. The van der Waals surface area contributed by atoms with Crippen molar-refractivity contribution >= 4 is 0 Å². The summed E-state index contributed by atoms with van der Waals surface area (Å²) in [6.45, 7) is 4.23. The molecular formula is C8H13NO. The first kappa shape index (κ1) is 7.35. The van der Waals surface area contributed by atoms with Crippen LogP contribution in [-0.2, 0) is 0 Å². The lowest BCUT2D eigenvalue weighted by Crippen LogP contribution is -2.08. The van der Waals surface area contributed by atoms with Crippen LogP contribution in [0.4, 0.5) is 0 Å². The van der Waals surface area contributed by atoms with E-state index in [1.807, 2.05) is 32.2 Å². The van der Waals surface area contributed by atoms with Gasteiger partial charge in [-0.05, 0) is 26.0 Å². The van der Waals surface area contributed by atoms with E-state index in [0.29, 0.717) is 0 Å². The minimum Gasteiger partial charge on any atom is -0.394 e. The van der Waals surface area contributed by atoms with Gasteiger partial charge in [0.2, 0.25) is 0 Å². The summed E-state index contributed by atoms with van der Waals surface area (Å²) in [6, 6.07) is 4.23. The second-order valence-electron chi connectivity index (χ2n) is 2.59. The molecular weight excluding hydrogens is 126 g/mol. The van der Waals surface area contributed by atoms with Crippen molar-refractivity contribution in [2.24, 2.45) is 0 Å². The van der Waals surface area contributed by atoms with E-state index in [-0.39, 0.29) is 12.6 Å². The van der Waals surface area contributed by atoms with Crippen molar-refractivity contribution in [1.82, 2.24) is 4.57 Å². The van der Waals surface area contributed by atoms with Crippen LogP contribution in [0.15, 0.2) is 18.3 Å². The van der Waals surface area contributed by atoms with E-state index in [1.165, 1.54) is 5.69 Å². The topological polar surface area (TPSA) is 25.2 Å². The molecule has 1 heterocycles. The summed E-state index contributed by atoms with van der Waals surface area (Å²) in [7, 11) is 0. The normalized spacial score (nSPS) is 13.5. The van der Waals surface area contributed by atoms with Gasteiger partial charge < -0.3 is 9.67 Å². The van der Waals surface area contributed by atoms with Crippen molar-refractivity contribution in [3.8, 4) is 0 Å². The van der Waals surface area contributed by atoms with E-state index < -0.39 is 0 Å². The lowest BCUT2D eigenvalue weighted by Gasteiger charge is -2.11. The monoisotopic (exact) mass is 139 g/mol. The zero-order valence-electron chi connectivity index (χ0n) is 6.41. The molecule has 10 heavy (non-hydrogen) atoms. The van der Waals surface area contributed by atoms with Crippen molar-refractivity contribution in [2.75, 3.05) is 6.61 Å². The van der Waals surface area contributed by atoms with E-state index in [0.717, 1.165) is 0 Å². The fraction of sp³-hybridized carbons (Fsp3) is 0.500. The number of hydrogen-bond donors (Lipinski definition) is 1. The van der Waals surface area contributed by atoms with E-state index in [2.05, 4.69) is 4.57 Å². The van der Waals surface area contributed by atoms with Crippen LogP contribution in [0.25, 0.3) is 0 Å². The predicted molar refractivity (Wildman–Crippen MR) is 41.0 cm³/mol. The first-order chi connectivity index (χ1) is 4.75. The molecule has 1 rings (SSSR count). The molecule has 0 radical (unpaired) electrons. The molecule has 0 amide bonds. The third-order valence-corrected chi connectivity index (χ3v) is 1.73. The van der Waals surface area contributed by atoms with Gasteiger partial charge in [-0.1, -0.05) is 0 Å². The molecule has 1 atom stereocenters. The molecule has 56 valence electrons. The molecule has 1 aromatic heterocycles. The first-order valence-corrected chi connectivity index (χ1v) is 3.50. The Kier molecular flexibility index (Phi) is 2.12. The fourth-order valence-corrected chi connectivity index (χ4v) is 1.06. The van der Waals surface area contributed by atoms with Crippen molar-refractivity contribution in [2.45, 2.75) is 19.9 Å². The second-order valence-corrected chi connectivity index (χ2v) is 2.59. The van der Waals surface area contributed by atoms with Gasteiger partial charge in [0.15, 0.2) is 0 Å². The average molecular weight is 139 g/mol. The molecule has 0 aliphatic rings. The summed E-state index contributed by atoms with van der Waals surface area (Å²) < 4.78 is 2.06. The minimum absolute atomic E-state index is 0.204. The van der Waals surface area contributed by atoms with Crippen LogP contribution >= 0.6 is 0 Å². The molecule has 0 bridgehead atoms. The second kappa shape index (κ2) is 2.88. The Morgan fingerprint density at radius 2 is 2.40 bits per heavy atom. The van der Waals surface area contributed by atoms with Crippen LogP contribution in [0, 0.1) is 6.92 Å². The Bertz CT molecular complexity index is 205. The number of hydrogen-bond acceptors (Lipinski definition) is 1. The lowest BCUT2D eigenvalue weighted by atomic mass is 10.3. The van der Waals surface area contributed by atoms with Gasteiger partial charge in [0, 0.05) is 11.9 Å². The van der Waals surface area contributed by atoms with Crippen molar-refractivity contribution in [3.05, 3.63) is 24.0 Å². The van der Waals surface area contributed by atoms with E-state index in [4.69, 9.17) is 5.11 Å². The van der Waals surface area contributed by atoms with Crippen LogP contribution in [0.3, 0.4) is 0 Å². The smallest absolute Gasteiger partial charge is 0.0636 e. The maximum Gasteiger partial charge on any atom is 0.0636 e. The van der Waals surface area contributed by atoms with Crippen LogP contribution in [0.1, 0.15) is 18.7 Å². The van der Waals surface area contributed by atoms with Gasteiger partial charge in [-0.15, -0.1) is 0 Å². The predicted octanol–water partition coefficient (Wildman–Crippen LogP) is 1.35. The number of aromatic nitrogens is 1. The summed E-state index contributed by atoms with van der Waals surface area (Å²) in [5.41, 5.74) is 1.20. The molecule has 0 saturated carbocycles. The number of aliphatic hydroxyl groups excluding tert-OH is 1. The van der Waals surface area contributed by atoms with E-state index in [9.17, 15) is 0 Å². The molecule has 0 fully saturated rings. The third-order valence-electron chi connectivity index (χ3n) is 1.73. The number of aryl methyl sites for hydroxylation is 1. The first-order valence-electron chi connectivity index (χ1n) is 3.50. The molecule has 1 aromatic rings. The molecule has 2 heteroatoms. The van der Waals surface area contributed by atoms with E-state index in [1.54, 1.807) is 0 Å². The highest BCUT2D eigenvalue weighted by Crippen LogP contribution is 2.08. The summed E-state index contributed by atoms with van der Waals surface area (Å²) >= 11 is 0. The summed E-state index contributed by atoms with van der Waals surface area (Å²) in [5.74, 6) is 0. The maximum atomic E-state index is 8.81. The largest absolute Gasteiger partial charge is 0.394 e.